The summed E-state index contributed by atoms with van der Waals surface area (Å²) >= 11 is 0. The zero-order chi connectivity index (χ0) is 14.0. The molecule has 0 aliphatic carbocycles. The van der Waals surface area contributed by atoms with Crippen molar-refractivity contribution in [3.63, 3.8) is 0 Å². The van der Waals surface area contributed by atoms with Gasteiger partial charge in [0.1, 0.15) is 6.73 Å². The molecule has 0 radical (unpaired) electrons. The lowest BCUT2D eigenvalue weighted by atomic mass is 10.1. The highest BCUT2D eigenvalue weighted by Crippen LogP contribution is 2.24. The maximum atomic E-state index is 6.05. The molecule has 19 heavy (non-hydrogen) atoms. The van der Waals surface area contributed by atoms with Crippen LogP contribution in [0.25, 0.3) is 10.9 Å². The van der Waals surface area contributed by atoms with Crippen LogP contribution < -0.4 is 5.73 Å². The predicted molar refractivity (Wildman–Crippen MR) is 83.0 cm³/mol. The summed E-state index contributed by atoms with van der Waals surface area (Å²) in [7, 11) is -1.02. The van der Waals surface area contributed by atoms with E-state index in [1.165, 1.54) is 6.04 Å². The van der Waals surface area contributed by atoms with E-state index in [-0.39, 0.29) is 0 Å². The first-order chi connectivity index (χ1) is 8.88. The lowest BCUT2D eigenvalue weighted by Gasteiger charge is -2.15. The minimum atomic E-state index is -1.02. The van der Waals surface area contributed by atoms with Crippen molar-refractivity contribution < 1.29 is 4.74 Å². The van der Waals surface area contributed by atoms with Crippen LogP contribution in [0.3, 0.4) is 0 Å². The van der Waals surface area contributed by atoms with Gasteiger partial charge in [-0.3, -0.25) is 0 Å². The van der Waals surface area contributed by atoms with E-state index in [0.29, 0.717) is 6.73 Å². The fraction of sp³-hybridized carbons (Fsp3) is 0.500. The van der Waals surface area contributed by atoms with Gasteiger partial charge in [-0.05, 0) is 24.6 Å². The van der Waals surface area contributed by atoms with Crippen molar-refractivity contribution in [2.24, 2.45) is 0 Å². The number of aryl methyl sites for hydroxylation is 1. The van der Waals surface area contributed by atoms with Gasteiger partial charge in [0, 0.05) is 25.8 Å². The second-order valence-electron chi connectivity index (χ2n) is 6.22. The molecule has 4 nitrogen and oxygen atoms in total. The number of fused-ring (bicyclic) bond motifs is 1. The largest absolute Gasteiger partial charge is 0.398 e. The lowest BCUT2D eigenvalue weighted by molar-refractivity contribution is 0.0817. The van der Waals surface area contributed by atoms with Crippen LogP contribution in [0.1, 0.15) is 5.56 Å². The van der Waals surface area contributed by atoms with Gasteiger partial charge in [-0.2, -0.15) is 5.10 Å². The predicted octanol–water partition coefficient (Wildman–Crippen LogP) is 3.24. The third kappa shape index (κ3) is 3.36. The van der Waals surface area contributed by atoms with Gasteiger partial charge in [-0.25, -0.2) is 4.68 Å². The van der Waals surface area contributed by atoms with E-state index in [1.807, 2.05) is 23.9 Å². The van der Waals surface area contributed by atoms with Gasteiger partial charge in [0.05, 0.1) is 11.7 Å². The SMILES string of the molecule is Cc1ccc2c(cnn2COCC[Si](C)(C)C)c1N. The summed E-state index contributed by atoms with van der Waals surface area (Å²) < 4.78 is 7.60. The van der Waals surface area contributed by atoms with Crippen molar-refractivity contribution in [2.75, 3.05) is 12.3 Å². The van der Waals surface area contributed by atoms with E-state index >= 15 is 0 Å². The first-order valence-corrected chi connectivity index (χ1v) is 10.4. The molecule has 0 bridgehead atoms. The molecule has 1 aromatic carbocycles. The van der Waals surface area contributed by atoms with Gasteiger partial charge in [0.15, 0.2) is 0 Å². The molecule has 104 valence electrons. The number of nitrogen functional groups attached to an aromatic ring is 1. The summed E-state index contributed by atoms with van der Waals surface area (Å²) in [6.45, 7) is 10.4. The Morgan fingerprint density at radius 2 is 2.05 bits per heavy atom. The highest BCUT2D eigenvalue weighted by atomic mass is 28.3. The molecule has 0 aliphatic rings. The van der Waals surface area contributed by atoms with E-state index < -0.39 is 8.07 Å². The zero-order valence-corrected chi connectivity index (χ0v) is 13.2. The van der Waals surface area contributed by atoms with Gasteiger partial charge >= 0.3 is 0 Å². The van der Waals surface area contributed by atoms with Gasteiger partial charge in [-0.15, -0.1) is 0 Å². The number of benzene rings is 1. The van der Waals surface area contributed by atoms with Crippen molar-refractivity contribution in [3.8, 4) is 0 Å². The molecule has 5 heteroatoms. The minimum Gasteiger partial charge on any atom is -0.398 e. The van der Waals surface area contributed by atoms with Crippen molar-refractivity contribution >= 4 is 24.7 Å². The third-order valence-corrected chi connectivity index (χ3v) is 5.00. The molecule has 0 fully saturated rings. The summed E-state index contributed by atoms with van der Waals surface area (Å²) in [5.41, 5.74) is 8.99. The first-order valence-electron chi connectivity index (χ1n) is 6.67. The fourth-order valence-corrected chi connectivity index (χ4v) is 2.67. The molecule has 0 unspecified atom stereocenters. The molecule has 0 saturated heterocycles. The average Bonchev–Trinajstić information content (AvgIpc) is 2.72. The van der Waals surface area contributed by atoms with Crippen molar-refractivity contribution in [1.82, 2.24) is 9.78 Å². The van der Waals surface area contributed by atoms with Crippen LogP contribution in [0, 0.1) is 6.92 Å². The van der Waals surface area contributed by atoms with Crippen molar-refractivity contribution in [2.45, 2.75) is 39.3 Å². The van der Waals surface area contributed by atoms with Crippen LogP contribution in [0.15, 0.2) is 18.3 Å². The molecule has 0 saturated carbocycles. The summed E-state index contributed by atoms with van der Waals surface area (Å²) in [4.78, 5) is 0. The van der Waals surface area contributed by atoms with Crippen LogP contribution >= 0.6 is 0 Å². The van der Waals surface area contributed by atoms with Crippen molar-refractivity contribution in [1.29, 1.82) is 0 Å². The highest BCUT2D eigenvalue weighted by Gasteiger charge is 2.12. The van der Waals surface area contributed by atoms with Gasteiger partial charge in [0.25, 0.3) is 0 Å². The Hall–Kier alpha value is -1.33. The molecule has 2 aromatic rings. The molecular formula is C14H23N3OSi. The van der Waals surface area contributed by atoms with Gasteiger partial charge in [-0.1, -0.05) is 25.7 Å². The number of aromatic nitrogens is 2. The first kappa shape index (κ1) is 14.1. The van der Waals surface area contributed by atoms with Crippen LogP contribution in [-0.2, 0) is 11.5 Å². The zero-order valence-electron chi connectivity index (χ0n) is 12.2. The Balaban J connectivity index is 2.04. The molecule has 0 aliphatic heterocycles. The Kier molecular flexibility index (Phi) is 3.96. The summed E-state index contributed by atoms with van der Waals surface area (Å²) in [5, 5.41) is 5.36. The minimum absolute atomic E-state index is 0.497. The maximum Gasteiger partial charge on any atom is 0.139 e. The molecule has 1 heterocycles. The number of rotatable bonds is 5. The normalized spacial score (nSPS) is 12.2. The number of nitrogens with two attached hydrogens (primary N) is 1. The summed E-state index contributed by atoms with van der Waals surface area (Å²) in [6.07, 6.45) is 1.82. The number of hydrogen-bond donors (Lipinski definition) is 1. The standard InChI is InChI=1S/C14H23N3OSi/c1-11-5-6-13-12(14(11)15)9-16-17(13)10-18-7-8-19(2,3)4/h5-6,9H,7-8,10,15H2,1-4H3. The third-order valence-electron chi connectivity index (χ3n) is 3.30. The fourth-order valence-electron chi connectivity index (χ4n) is 1.92. The van der Waals surface area contributed by atoms with Crippen LogP contribution in [0.2, 0.25) is 25.7 Å². The molecule has 2 N–H and O–H groups in total. The smallest absolute Gasteiger partial charge is 0.139 e. The number of anilines is 1. The van der Waals surface area contributed by atoms with E-state index in [4.69, 9.17) is 10.5 Å². The molecular weight excluding hydrogens is 254 g/mol. The Morgan fingerprint density at radius 3 is 2.74 bits per heavy atom. The Bertz CT molecular complexity index is 572. The monoisotopic (exact) mass is 277 g/mol. The van der Waals surface area contributed by atoms with Crippen molar-refractivity contribution in [3.05, 3.63) is 23.9 Å². The second-order valence-corrected chi connectivity index (χ2v) is 11.8. The average molecular weight is 277 g/mol. The number of ether oxygens (including phenoxy) is 1. The quantitative estimate of drug-likeness (QED) is 0.518. The van der Waals surface area contributed by atoms with Gasteiger partial charge in [0.2, 0.25) is 0 Å². The molecule has 0 atom stereocenters. The van der Waals surface area contributed by atoms with Gasteiger partial charge < -0.3 is 10.5 Å². The van der Waals surface area contributed by atoms with Crippen LogP contribution in [0.4, 0.5) is 5.69 Å². The second kappa shape index (κ2) is 5.34. The van der Waals surface area contributed by atoms with E-state index in [1.54, 1.807) is 0 Å². The highest BCUT2D eigenvalue weighted by molar-refractivity contribution is 6.76. The topological polar surface area (TPSA) is 53.1 Å². The maximum absolute atomic E-state index is 6.05. The lowest BCUT2D eigenvalue weighted by Crippen LogP contribution is -2.22. The summed E-state index contributed by atoms with van der Waals surface area (Å²) in [6, 6.07) is 5.25. The number of nitrogens with zero attached hydrogens (tertiary/aromatic N) is 2. The summed E-state index contributed by atoms with van der Waals surface area (Å²) in [5.74, 6) is 0. The van der Waals surface area contributed by atoms with E-state index in [0.717, 1.165) is 28.8 Å². The number of hydrogen-bond acceptors (Lipinski definition) is 3. The molecule has 0 spiro atoms. The Morgan fingerprint density at radius 1 is 1.32 bits per heavy atom. The van der Waals surface area contributed by atoms with Crippen LogP contribution in [-0.4, -0.2) is 24.5 Å². The van der Waals surface area contributed by atoms with Crippen LogP contribution in [0.5, 0.6) is 0 Å². The Labute approximate surface area is 115 Å². The molecule has 2 rings (SSSR count). The van der Waals surface area contributed by atoms with E-state index in [2.05, 4.69) is 30.8 Å². The van der Waals surface area contributed by atoms with E-state index in [9.17, 15) is 0 Å². The molecule has 1 aromatic heterocycles. The molecule has 0 amide bonds.